The standard InChI is InChI=1S/C19H21NO3/c1-12(2)23-19(22)15-9-10-20-16(15)11-13(3)17(20)18(21)14-7-5-4-6-8-14/h4-8,11-12,15H,9-10H2,1-3H3. The van der Waals surface area contributed by atoms with Crippen molar-refractivity contribution in [1.29, 1.82) is 0 Å². The van der Waals surface area contributed by atoms with Gasteiger partial charge in [0, 0.05) is 17.8 Å². The molecular formula is C19H21NO3. The molecular weight excluding hydrogens is 290 g/mol. The van der Waals surface area contributed by atoms with Crippen LogP contribution in [0.2, 0.25) is 0 Å². The Hall–Kier alpha value is -2.36. The molecule has 2 heterocycles. The van der Waals surface area contributed by atoms with Gasteiger partial charge in [-0.25, -0.2) is 0 Å². The van der Waals surface area contributed by atoms with E-state index in [1.807, 2.05) is 61.7 Å². The Kier molecular flexibility index (Phi) is 4.07. The van der Waals surface area contributed by atoms with Gasteiger partial charge in [-0.2, -0.15) is 0 Å². The molecule has 4 nitrogen and oxygen atoms in total. The highest BCUT2D eigenvalue weighted by molar-refractivity contribution is 6.09. The maximum atomic E-state index is 12.8. The van der Waals surface area contributed by atoms with Crippen molar-refractivity contribution in [2.45, 2.75) is 45.8 Å². The predicted molar refractivity (Wildman–Crippen MR) is 87.6 cm³/mol. The van der Waals surface area contributed by atoms with Crippen LogP contribution in [0.25, 0.3) is 0 Å². The lowest BCUT2D eigenvalue weighted by Gasteiger charge is -2.12. The van der Waals surface area contributed by atoms with Crippen molar-refractivity contribution in [3.05, 3.63) is 58.9 Å². The average Bonchev–Trinajstić information content (AvgIpc) is 3.04. The van der Waals surface area contributed by atoms with Crippen LogP contribution in [0.15, 0.2) is 36.4 Å². The number of aromatic nitrogens is 1. The van der Waals surface area contributed by atoms with Crippen LogP contribution in [-0.2, 0) is 16.1 Å². The minimum atomic E-state index is -0.270. The highest BCUT2D eigenvalue weighted by atomic mass is 16.5. The monoisotopic (exact) mass is 311 g/mol. The number of fused-ring (bicyclic) bond motifs is 1. The van der Waals surface area contributed by atoms with E-state index < -0.39 is 0 Å². The fourth-order valence-corrected chi connectivity index (χ4v) is 3.23. The number of hydrogen-bond donors (Lipinski definition) is 0. The summed E-state index contributed by atoms with van der Waals surface area (Å²) in [6.07, 6.45) is 0.564. The van der Waals surface area contributed by atoms with E-state index in [9.17, 15) is 9.59 Å². The minimum absolute atomic E-state index is 0.00669. The van der Waals surface area contributed by atoms with Crippen molar-refractivity contribution in [3.63, 3.8) is 0 Å². The molecule has 0 fully saturated rings. The Bertz CT molecular complexity index is 743. The smallest absolute Gasteiger partial charge is 0.315 e. The SMILES string of the molecule is Cc1cc2n(c1C(=O)c1ccccc1)CCC2C(=O)OC(C)C. The zero-order valence-electron chi connectivity index (χ0n) is 13.7. The zero-order valence-corrected chi connectivity index (χ0v) is 13.7. The Labute approximate surface area is 136 Å². The molecule has 1 aliphatic heterocycles. The number of benzene rings is 1. The molecule has 0 saturated heterocycles. The molecule has 0 amide bonds. The van der Waals surface area contributed by atoms with E-state index in [4.69, 9.17) is 4.74 Å². The van der Waals surface area contributed by atoms with Gasteiger partial charge in [-0.05, 0) is 38.8 Å². The highest BCUT2D eigenvalue weighted by Gasteiger charge is 2.34. The van der Waals surface area contributed by atoms with Crippen molar-refractivity contribution in [1.82, 2.24) is 4.57 Å². The first-order valence-corrected chi connectivity index (χ1v) is 7.99. The van der Waals surface area contributed by atoms with Crippen LogP contribution in [0.3, 0.4) is 0 Å². The van der Waals surface area contributed by atoms with Crippen LogP contribution < -0.4 is 0 Å². The highest BCUT2D eigenvalue weighted by Crippen LogP contribution is 2.34. The van der Waals surface area contributed by atoms with Crippen LogP contribution in [0.1, 0.15) is 53.5 Å². The summed E-state index contributed by atoms with van der Waals surface area (Å²) >= 11 is 0. The third kappa shape index (κ3) is 2.81. The van der Waals surface area contributed by atoms with Gasteiger partial charge in [0.1, 0.15) is 0 Å². The normalized spacial score (nSPS) is 16.4. The first-order valence-electron chi connectivity index (χ1n) is 7.99. The van der Waals surface area contributed by atoms with E-state index >= 15 is 0 Å². The van der Waals surface area contributed by atoms with Gasteiger partial charge < -0.3 is 9.30 Å². The first-order chi connectivity index (χ1) is 11.0. The minimum Gasteiger partial charge on any atom is -0.462 e. The van der Waals surface area contributed by atoms with E-state index in [2.05, 4.69) is 0 Å². The second-order valence-corrected chi connectivity index (χ2v) is 6.27. The summed E-state index contributed by atoms with van der Waals surface area (Å²) < 4.78 is 7.33. The van der Waals surface area contributed by atoms with Crippen molar-refractivity contribution in [3.8, 4) is 0 Å². The van der Waals surface area contributed by atoms with Crippen molar-refractivity contribution >= 4 is 11.8 Å². The first kappa shape index (κ1) is 15.5. The molecule has 1 atom stereocenters. The quantitative estimate of drug-likeness (QED) is 0.641. The second kappa shape index (κ2) is 6.03. The van der Waals surface area contributed by atoms with E-state index in [-0.39, 0.29) is 23.8 Å². The summed E-state index contributed by atoms with van der Waals surface area (Å²) in [6.45, 7) is 6.30. The van der Waals surface area contributed by atoms with Gasteiger partial charge >= 0.3 is 5.97 Å². The number of ether oxygens (including phenoxy) is 1. The molecule has 1 aromatic heterocycles. The van der Waals surface area contributed by atoms with Gasteiger partial charge in [0.25, 0.3) is 0 Å². The summed E-state index contributed by atoms with van der Waals surface area (Å²) in [4.78, 5) is 25.1. The second-order valence-electron chi connectivity index (χ2n) is 6.27. The number of aryl methyl sites for hydroxylation is 1. The van der Waals surface area contributed by atoms with E-state index in [1.165, 1.54) is 0 Å². The lowest BCUT2D eigenvalue weighted by Crippen LogP contribution is -2.18. The summed E-state index contributed by atoms with van der Waals surface area (Å²) in [5.41, 5.74) is 3.17. The molecule has 120 valence electrons. The van der Waals surface area contributed by atoms with E-state index in [0.717, 1.165) is 11.3 Å². The molecule has 0 bridgehead atoms. The predicted octanol–water partition coefficient (Wildman–Crippen LogP) is 3.47. The molecule has 23 heavy (non-hydrogen) atoms. The van der Waals surface area contributed by atoms with Crippen LogP contribution >= 0.6 is 0 Å². The van der Waals surface area contributed by atoms with Gasteiger partial charge in [0.05, 0.1) is 17.7 Å². The van der Waals surface area contributed by atoms with Crippen LogP contribution in [0, 0.1) is 6.92 Å². The lowest BCUT2D eigenvalue weighted by molar-refractivity contribution is -0.149. The van der Waals surface area contributed by atoms with Crippen LogP contribution in [0.4, 0.5) is 0 Å². The van der Waals surface area contributed by atoms with E-state index in [0.29, 0.717) is 24.2 Å². The summed E-state index contributed by atoms with van der Waals surface area (Å²) in [7, 11) is 0. The molecule has 1 aliphatic rings. The largest absolute Gasteiger partial charge is 0.462 e. The summed E-state index contributed by atoms with van der Waals surface area (Å²) in [5, 5.41) is 0. The van der Waals surface area contributed by atoms with Crippen molar-refractivity contribution in [2.24, 2.45) is 0 Å². The molecule has 1 aromatic carbocycles. The number of rotatable bonds is 4. The molecule has 0 N–H and O–H groups in total. The Morgan fingerprint density at radius 2 is 1.91 bits per heavy atom. The van der Waals surface area contributed by atoms with Crippen LogP contribution in [-0.4, -0.2) is 22.4 Å². The Morgan fingerprint density at radius 3 is 2.57 bits per heavy atom. The number of esters is 1. The number of carbonyl (C=O) groups is 2. The topological polar surface area (TPSA) is 48.3 Å². The molecule has 2 aromatic rings. The van der Waals surface area contributed by atoms with Gasteiger partial charge in [0.2, 0.25) is 5.78 Å². The zero-order chi connectivity index (χ0) is 16.6. The molecule has 1 unspecified atom stereocenters. The van der Waals surface area contributed by atoms with Gasteiger partial charge in [-0.1, -0.05) is 30.3 Å². The number of carbonyl (C=O) groups excluding carboxylic acids is 2. The maximum Gasteiger partial charge on any atom is 0.315 e. The Balaban J connectivity index is 1.95. The molecule has 3 rings (SSSR count). The summed E-state index contributed by atoms with van der Waals surface area (Å²) in [5.74, 6) is -0.462. The summed E-state index contributed by atoms with van der Waals surface area (Å²) in [6, 6.07) is 11.2. The average molecular weight is 311 g/mol. The van der Waals surface area contributed by atoms with Crippen molar-refractivity contribution in [2.75, 3.05) is 0 Å². The van der Waals surface area contributed by atoms with E-state index in [1.54, 1.807) is 0 Å². The third-order valence-electron chi connectivity index (χ3n) is 4.21. The molecule has 4 heteroatoms. The fourth-order valence-electron chi connectivity index (χ4n) is 3.23. The molecule has 0 radical (unpaired) electrons. The third-order valence-corrected chi connectivity index (χ3v) is 4.21. The number of nitrogens with zero attached hydrogens (tertiary/aromatic N) is 1. The van der Waals surface area contributed by atoms with Gasteiger partial charge in [0.15, 0.2) is 0 Å². The molecule has 0 aliphatic carbocycles. The van der Waals surface area contributed by atoms with Crippen molar-refractivity contribution < 1.29 is 14.3 Å². The maximum absolute atomic E-state index is 12.8. The molecule has 0 spiro atoms. The van der Waals surface area contributed by atoms with Gasteiger partial charge in [-0.3, -0.25) is 9.59 Å². The molecule has 0 saturated carbocycles. The number of ketones is 1. The lowest BCUT2D eigenvalue weighted by atomic mass is 10.0. The van der Waals surface area contributed by atoms with Crippen LogP contribution in [0.5, 0.6) is 0 Å². The number of hydrogen-bond acceptors (Lipinski definition) is 3. The van der Waals surface area contributed by atoms with Gasteiger partial charge in [-0.15, -0.1) is 0 Å². The fraction of sp³-hybridized carbons (Fsp3) is 0.368. The Morgan fingerprint density at radius 1 is 1.22 bits per heavy atom.